The van der Waals surface area contributed by atoms with Crippen molar-refractivity contribution in [2.75, 3.05) is 47.3 Å². The third-order valence-corrected chi connectivity index (χ3v) is 3.25. The summed E-state index contributed by atoms with van der Waals surface area (Å²) in [5, 5.41) is 8.99. The third-order valence-electron chi connectivity index (χ3n) is 3.25. The van der Waals surface area contributed by atoms with E-state index in [1.165, 1.54) is 0 Å². The summed E-state index contributed by atoms with van der Waals surface area (Å²) in [4.78, 5) is 28.4. The Hall–Kier alpha value is -1.30. The molecule has 104 valence electrons. The zero-order chi connectivity index (χ0) is 13.7. The quantitative estimate of drug-likeness (QED) is 0.791. The molecule has 18 heavy (non-hydrogen) atoms. The number of likely N-dealkylation sites (N-methyl/N-ethyl adjacent to an activating group) is 2. The number of urea groups is 1. The van der Waals surface area contributed by atoms with Crippen LogP contribution in [-0.4, -0.2) is 79.1 Å². The number of carboxylic acids is 1. The number of hydrogen-bond acceptors (Lipinski definition) is 3. The molecular formula is C12H23N3O3. The van der Waals surface area contributed by atoms with E-state index in [0.29, 0.717) is 26.1 Å². The fraction of sp³-hybridized carbons (Fsp3) is 0.833. The van der Waals surface area contributed by atoms with E-state index in [-0.39, 0.29) is 6.03 Å². The Morgan fingerprint density at radius 3 is 2.50 bits per heavy atom. The molecule has 0 radical (unpaired) electrons. The maximum absolute atomic E-state index is 12.1. The highest BCUT2D eigenvalue weighted by Crippen LogP contribution is 2.17. The number of carboxylic acid groups (broad SMARTS) is 1. The second kappa shape index (κ2) is 6.58. The molecule has 1 saturated heterocycles. The lowest BCUT2D eigenvalue weighted by molar-refractivity contribution is -0.143. The highest BCUT2D eigenvalue weighted by molar-refractivity contribution is 5.76. The maximum atomic E-state index is 12.1. The van der Waals surface area contributed by atoms with Crippen molar-refractivity contribution < 1.29 is 14.7 Å². The molecule has 0 aromatic carbocycles. The molecule has 0 aliphatic carbocycles. The van der Waals surface area contributed by atoms with Crippen molar-refractivity contribution in [3.8, 4) is 0 Å². The van der Waals surface area contributed by atoms with Crippen molar-refractivity contribution in [2.24, 2.45) is 5.92 Å². The molecule has 1 aliphatic heterocycles. The van der Waals surface area contributed by atoms with Crippen LogP contribution >= 0.6 is 0 Å². The number of carbonyl (C=O) groups is 2. The van der Waals surface area contributed by atoms with Gasteiger partial charge in [-0.2, -0.15) is 0 Å². The number of rotatable bonds is 4. The monoisotopic (exact) mass is 257 g/mol. The molecule has 1 aliphatic rings. The van der Waals surface area contributed by atoms with E-state index in [4.69, 9.17) is 5.11 Å². The van der Waals surface area contributed by atoms with E-state index < -0.39 is 11.9 Å². The van der Waals surface area contributed by atoms with Crippen LogP contribution in [0.4, 0.5) is 4.79 Å². The second-order valence-corrected chi connectivity index (χ2v) is 5.13. The van der Waals surface area contributed by atoms with E-state index in [1.807, 2.05) is 19.0 Å². The molecule has 0 aromatic heterocycles. The summed E-state index contributed by atoms with van der Waals surface area (Å²) < 4.78 is 0. The predicted octanol–water partition coefficient (Wildman–Crippen LogP) is 0.396. The zero-order valence-corrected chi connectivity index (χ0v) is 11.4. The molecule has 0 unspecified atom stereocenters. The molecule has 1 fully saturated rings. The Bertz CT molecular complexity index is 307. The second-order valence-electron chi connectivity index (χ2n) is 5.13. The van der Waals surface area contributed by atoms with Crippen molar-refractivity contribution in [2.45, 2.75) is 12.8 Å². The highest BCUT2D eigenvalue weighted by Gasteiger charge is 2.29. The first-order chi connectivity index (χ1) is 8.41. The van der Waals surface area contributed by atoms with Gasteiger partial charge in [-0.1, -0.05) is 0 Å². The summed E-state index contributed by atoms with van der Waals surface area (Å²) in [5.41, 5.74) is 0. The topological polar surface area (TPSA) is 64.1 Å². The van der Waals surface area contributed by atoms with E-state index in [0.717, 1.165) is 13.0 Å². The molecule has 1 atom stereocenters. The number of nitrogens with zero attached hydrogens (tertiary/aromatic N) is 3. The molecule has 1 rings (SSSR count). The van der Waals surface area contributed by atoms with Crippen LogP contribution in [0.25, 0.3) is 0 Å². The van der Waals surface area contributed by atoms with E-state index >= 15 is 0 Å². The number of piperidine rings is 1. The van der Waals surface area contributed by atoms with Gasteiger partial charge in [-0.15, -0.1) is 0 Å². The van der Waals surface area contributed by atoms with Crippen LogP contribution in [0.1, 0.15) is 12.8 Å². The molecule has 0 bridgehead atoms. The van der Waals surface area contributed by atoms with Crippen LogP contribution in [0, 0.1) is 5.92 Å². The summed E-state index contributed by atoms with van der Waals surface area (Å²) >= 11 is 0. The molecule has 6 heteroatoms. The highest BCUT2D eigenvalue weighted by atomic mass is 16.4. The van der Waals surface area contributed by atoms with Gasteiger partial charge >= 0.3 is 12.0 Å². The van der Waals surface area contributed by atoms with Gasteiger partial charge in [-0.05, 0) is 26.9 Å². The van der Waals surface area contributed by atoms with Gasteiger partial charge in [0.1, 0.15) is 0 Å². The van der Waals surface area contributed by atoms with Crippen LogP contribution < -0.4 is 0 Å². The Morgan fingerprint density at radius 1 is 1.28 bits per heavy atom. The summed E-state index contributed by atoms with van der Waals surface area (Å²) in [6, 6.07) is -0.0669. The lowest BCUT2D eigenvalue weighted by Gasteiger charge is -2.34. The summed E-state index contributed by atoms with van der Waals surface area (Å²) in [7, 11) is 5.68. The lowest BCUT2D eigenvalue weighted by Crippen LogP contribution is -2.48. The normalized spacial score (nSPS) is 20.0. The molecule has 1 heterocycles. The smallest absolute Gasteiger partial charge is 0.319 e. The van der Waals surface area contributed by atoms with Gasteiger partial charge in [-0.25, -0.2) is 4.79 Å². The minimum Gasteiger partial charge on any atom is -0.481 e. The Labute approximate surface area is 108 Å². The summed E-state index contributed by atoms with van der Waals surface area (Å²) in [6.07, 6.45) is 1.44. The van der Waals surface area contributed by atoms with Crippen LogP contribution in [0.3, 0.4) is 0 Å². The van der Waals surface area contributed by atoms with Crippen molar-refractivity contribution in [3.63, 3.8) is 0 Å². The largest absolute Gasteiger partial charge is 0.481 e. The van der Waals surface area contributed by atoms with E-state index in [2.05, 4.69) is 0 Å². The predicted molar refractivity (Wildman–Crippen MR) is 68.5 cm³/mol. The molecular weight excluding hydrogens is 234 g/mol. The first-order valence-corrected chi connectivity index (χ1v) is 6.29. The minimum absolute atomic E-state index is 0.0669. The van der Waals surface area contributed by atoms with Crippen LogP contribution in [0.2, 0.25) is 0 Å². The molecule has 0 spiro atoms. The standard InChI is InChI=1S/C12H23N3O3/c1-13(2)7-8-14(3)12(18)15-6-4-5-10(9-15)11(16)17/h10H,4-9H2,1-3H3,(H,16,17)/t10-/m1/s1. The third kappa shape index (κ3) is 4.18. The Balaban J connectivity index is 2.47. The van der Waals surface area contributed by atoms with Crippen molar-refractivity contribution in [3.05, 3.63) is 0 Å². The molecule has 2 amide bonds. The van der Waals surface area contributed by atoms with E-state index in [1.54, 1.807) is 16.8 Å². The van der Waals surface area contributed by atoms with Gasteiger partial charge in [0.25, 0.3) is 0 Å². The fourth-order valence-corrected chi connectivity index (χ4v) is 2.04. The van der Waals surface area contributed by atoms with Crippen molar-refractivity contribution in [1.29, 1.82) is 0 Å². The lowest BCUT2D eigenvalue weighted by atomic mass is 9.99. The van der Waals surface area contributed by atoms with Gasteiger partial charge in [0.2, 0.25) is 0 Å². The first kappa shape index (κ1) is 14.8. The molecule has 1 N–H and O–H groups in total. The average molecular weight is 257 g/mol. The average Bonchev–Trinajstić information content (AvgIpc) is 2.35. The zero-order valence-electron chi connectivity index (χ0n) is 11.4. The van der Waals surface area contributed by atoms with Gasteiger partial charge in [0, 0.05) is 33.2 Å². The Morgan fingerprint density at radius 2 is 1.94 bits per heavy atom. The number of aliphatic carboxylic acids is 1. The van der Waals surface area contributed by atoms with Crippen LogP contribution in [-0.2, 0) is 4.79 Å². The summed E-state index contributed by atoms with van der Waals surface area (Å²) in [5.74, 6) is -1.21. The maximum Gasteiger partial charge on any atom is 0.319 e. The van der Waals surface area contributed by atoms with Crippen LogP contribution in [0.15, 0.2) is 0 Å². The number of hydrogen-bond donors (Lipinski definition) is 1. The molecule has 0 saturated carbocycles. The van der Waals surface area contributed by atoms with Crippen LogP contribution in [0.5, 0.6) is 0 Å². The SMILES string of the molecule is CN(C)CCN(C)C(=O)N1CCC[C@@H](C(=O)O)C1. The summed E-state index contributed by atoms with van der Waals surface area (Å²) in [6.45, 7) is 2.45. The molecule has 6 nitrogen and oxygen atoms in total. The van der Waals surface area contributed by atoms with Gasteiger partial charge in [0.05, 0.1) is 5.92 Å². The van der Waals surface area contributed by atoms with Crippen molar-refractivity contribution in [1.82, 2.24) is 14.7 Å². The minimum atomic E-state index is -0.802. The number of carbonyl (C=O) groups excluding carboxylic acids is 1. The van der Waals surface area contributed by atoms with Crippen molar-refractivity contribution >= 4 is 12.0 Å². The fourth-order valence-electron chi connectivity index (χ4n) is 2.04. The van der Waals surface area contributed by atoms with Gasteiger partial charge in [-0.3, -0.25) is 4.79 Å². The Kier molecular flexibility index (Phi) is 5.40. The van der Waals surface area contributed by atoms with Gasteiger partial charge in [0.15, 0.2) is 0 Å². The first-order valence-electron chi connectivity index (χ1n) is 6.29. The van der Waals surface area contributed by atoms with Gasteiger partial charge < -0.3 is 19.8 Å². The van der Waals surface area contributed by atoms with E-state index in [9.17, 15) is 9.59 Å². The molecule has 0 aromatic rings. The number of amides is 2. The number of likely N-dealkylation sites (tertiary alicyclic amines) is 1.